The molecule has 0 aliphatic heterocycles. The summed E-state index contributed by atoms with van der Waals surface area (Å²) in [6, 6.07) is 12.5. The number of nitrogens with one attached hydrogen (secondary N) is 1. The number of carbonyl (C=O) groups excluding carboxylic acids is 1. The topological polar surface area (TPSA) is 55.1 Å². The van der Waals surface area contributed by atoms with Crippen molar-refractivity contribution in [3.8, 4) is 0 Å². The fourth-order valence-corrected chi connectivity index (χ4v) is 2.30. The number of benzene rings is 2. The first-order chi connectivity index (χ1) is 9.97. The molecule has 0 aliphatic carbocycles. The van der Waals surface area contributed by atoms with Gasteiger partial charge in [-0.3, -0.25) is 4.79 Å². The van der Waals surface area contributed by atoms with Crippen molar-refractivity contribution in [1.82, 2.24) is 0 Å². The Hall–Kier alpha value is -2.36. The van der Waals surface area contributed by atoms with Crippen molar-refractivity contribution in [2.24, 2.45) is 5.73 Å². The molecule has 21 heavy (non-hydrogen) atoms. The molecule has 1 amide bonds. The summed E-state index contributed by atoms with van der Waals surface area (Å²) >= 11 is 0. The van der Waals surface area contributed by atoms with Gasteiger partial charge in [-0.15, -0.1) is 0 Å². The van der Waals surface area contributed by atoms with E-state index >= 15 is 0 Å². The smallest absolute Gasteiger partial charge is 0.240 e. The Bertz CT molecular complexity index is 617. The van der Waals surface area contributed by atoms with Crippen LogP contribution in [0, 0.1) is 19.7 Å². The van der Waals surface area contributed by atoms with Gasteiger partial charge in [0.05, 0.1) is 0 Å². The van der Waals surface area contributed by atoms with Gasteiger partial charge in [0.15, 0.2) is 0 Å². The molecular formula is C17H19FN2O. The zero-order chi connectivity index (χ0) is 15.4. The highest BCUT2D eigenvalue weighted by Crippen LogP contribution is 2.19. The summed E-state index contributed by atoms with van der Waals surface area (Å²) in [5, 5.41) is 3.09. The number of nitrogens with two attached hydrogens (primary N) is 1. The first kappa shape index (κ1) is 15.0. The molecular weight excluding hydrogens is 267 g/mol. The van der Waals surface area contributed by atoms with Gasteiger partial charge in [-0.25, -0.2) is 4.39 Å². The molecule has 0 saturated heterocycles. The van der Waals surface area contributed by atoms with Gasteiger partial charge < -0.3 is 11.1 Å². The van der Waals surface area contributed by atoms with Gasteiger partial charge >= 0.3 is 0 Å². The van der Waals surface area contributed by atoms with Gasteiger partial charge in [0.2, 0.25) is 5.91 Å². The summed E-state index contributed by atoms with van der Waals surface area (Å²) in [7, 11) is 0. The summed E-state index contributed by atoms with van der Waals surface area (Å²) in [5.41, 5.74) is 8.27. The van der Waals surface area contributed by atoms with E-state index in [1.807, 2.05) is 30.3 Å². The second-order valence-corrected chi connectivity index (χ2v) is 5.21. The maximum Gasteiger partial charge on any atom is 0.240 e. The molecule has 110 valence electrons. The Morgan fingerprint density at radius 2 is 1.76 bits per heavy atom. The number of hydrogen-bond donors (Lipinski definition) is 2. The number of hydrogen-bond acceptors (Lipinski definition) is 2. The van der Waals surface area contributed by atoms with Crippen LogP contribution >= 0.6 is 0 Å². The van der Waals surface area contributed by atoms with Gasteiger partial charge in [-0.1, -0.05) is 30.3 Å². The quantitative estimate of drug-likeness (QED) is 0.888. The molecule has 2 rings (SSSR count). The van der Waals surface area contributed by atoms with Crippen LogP contribution in [0.1, 0.15) is 16.7 Å². The van der Waals surface area contributed by atoms with Crippen molar-refractivity contribution < 1.29 is 9.18 Å². The molecule has 0 aliphatic rings. The summed E-state index contributed by atoms with van der Waals surface area (Å²) in [6.45, 7) is 3.40. The molecule has 0 heterocycles. The number of aryl methyl sites for hydroxylation is 2. The highest BCUT2D eigenvalue weighted by Gasteiger charge is 2.16. The third-order valence-electron chi connectivity index (χ3n) is 3.40. The predicted molar refractivity (Wildman–Crippen MR) is 82.6 cm³/mol. The van der Waals surface area contributed by atoms with Crippen molar-refractivity contribution >= 4 is 11.6 Å². The van der Waals surface area contributed by atoms with Crippen molar-refractivity contribution in [1.29, 1.82) is 0 Å². The summed E-state index contributed by atoms with van der Waals surface area (Å²) in [6.07, 6.45) is 0.492. The van der Waals surface area contributed by atoms with Crippen LogP contribution < -0.4 is 11.1 Å². The van der Waals surface area contributed by atoms with Gasteiger partial charge in [-0.2, -0.15) is 0 Å². The highest BCUT2D eigenvalue weighted by molar-refractivity contribution is 5.83. The van der Waals surface area contributed by atoms with Crippen LogP contribution in [0.2, 0.25) is 0 Å². The predicted octanol–water partition coefficient (Wildman–Crippen LogP) is 2.95. The van der Waals surface area contributed by atoms with E-state index in [0.29, 0.717) is 23.2 Å². The summed E-state index contributed by atoms with van der Waals surface area (Å²) < 4.78 is 13.6. The number of amides is 1. The molecule has 0 spiro atoms. The lowest BCUT2D eigenvalue weighted by Crippen LogP contribution is -2.37. The van der Waals surface area contributed by atoms with Crippen molar-refractivity contribution in [2.75, 3.05) is 5.32 Å². The Morgan fingerprint density at radius 1 is 1.19 bits per heavy atom. The average Bonchev–Trinajstić information content (AvgIpc) is 2.45. The second-order valence-electron chi connectivity index (χ2n) is 5.21. The first-order valence-electron chi connectivity index (χ1n) is 6.84. The van der Waals surface area contributed by atoms with E-state index in [-0.39, 0.29) is 5.82 Å². The van der Waals surface area contributed by atoms with E-state index in [9.17, 15) is 9.18 Å². The van der Waals surface area contributed by atoms with Crippen LogP contribution in [-0.4, -0.2) is 11.9 Å². The number of halogens is 1. The Kier molecular flexibility index (Phi) is 4.58. The monoisotopic (exact) mass is 286 g/mol. The maximum atomic E-state index is 13.6. The molecule has 0 fully saturated rings. The van der Waals surface area contributed by atoms with Crippen LogP contribution in [0.3, 0.4) is 0 Å². The lowest BCUT2D eigenvalue weighted by Gasteiger charge is -2.18. The fourth-order valence-electron chi connectivity index (χ4n) is 2.30. The van der Waals surface area contributed by atoms with E-state index < -0.39 is 11.9 Å². The number of rotatable bonds is 5. The molecule has 3 N–H and O–H groups in total. The van der Waals surface area contributed by atoms with Crippen LogP contribution in [0.5, 0.6) is 0 Å². The number of anilines is 1. The van der Waals surface area contributed by atoms with Crippen LogP contribution in [-0.2, 0) is 11.2 Å². The molecule has 0 radical (unpaired) electrons. The molecule has 1 atom stereocenters. The SMILES string of the molecule is Cc1cc(N[C@H](Cc2ccccc2)C(N)=O)cc(C)c1F. The first-order valence-corrected chi connectivity index (χ1v) is 6.84. The Morgan fingerprint density at radius 3 is 2.29 bits per heavy atom. The van der Waals surface area contributed by atoms with Crippen LogP contribution in [0.25, 0.3) is 0 Å². The van der Waals surface area contributed by atoms with E-state index in [4.69, 9.17) is 5.73 Å². The highest BCUT2D eigenvalue weighted by atomic mass is 19.1. The van der Waals surface area contributed by atoms with Crippen LogP contribution in [0.15, 0.2) is 42.5 Å². The zero-order valence-corrected chi connectivity index (χ0v) is 12.2. The molecule has 0 saturated carbocycles. The molecule has 0 unspecified atom stereocenters. The third kappa shape index (κ3) is 3.81. The van der Waals surface area contributed by atoms with Crippen molar-refractivity contribution in [3.63, 3.8) is 0 Å². The minimum atomic E-state index is -0.531. The third-order valence-corrected chi connectivity index (χ3v) is 3.40. The van der Waals surface area contributed by atoms with Crippen molar-refractivity contribution in [2.45, 2.75) is 26.3 Å². The largest absolute Gasteiger partial charge is 0.373 e. The van der Waals surface area contributed by atoms with Gasteiger partial charge in [0, 0.05) is 12.1 Å². The molecule has 3 nitrogen and oxygen atoms in total. The Balaban J connectivity index is 2.19. The average molecular weight is 286 g/mol. The number of primary amides is 1. The zero-order valence-electron chi connectivity index (χ0n) is 12.2. The molecule has 4 heteroatoms. The molecule has 2 aromatic carbocycles. The molecule has 2 aromatic rings. The van der Waals surface area contributed by atoms with E-state index in [0.717, 1.165) is 5.56 Å². The molecule has 0 aromatic heterocycles. The van der Waals surface area contributed by atoms with Gasteiger partial charge in [0.1, 0.15) is 11.9 Å². The van der Waals surface area contributed by atoms with Gasteiger partial charge in [-0.05, 0) is 42.7 Å². The lowest BCUT2D eigenvalue weighted by atomic mass is 10.0. The minimum Gasteiger partial charge on any atom is -0.373 e. The van der Waals surface area contributed by atoms with E-state index in [2.05, 4.69) is 5.32 Å². The standard InChI is InChI=1S/C17H19FN2O/c1-11-8-14(9-12(2)16(11)18)20-15(17(19)21)10-13-6-4-3-5-7-13/h3-9,15,20H,10H2,1-2H3,(H2,19,21)/t15-/m1/s1. The van der Waals surface area contributed by atoms with Gasteiger partial charge in [0.25, 0.3) is 0 Å². The second kappa shape index (κ2) is 6.39. The van der Waals surface area contributed by atoms with E-state index in [1.165, 1.54) is 0 Å². The van der Waals surface area contributed by atoms with Crippen molar-refractivity contribution in [3.05, 3.63) is 65.0 Å². The summed E-state index contributed by atoms with van der Waals surface area (Å²) in [5.74, 6) is -0.655. The Labute approximate surface area is 124 Å². The van der Waals surface area contributed by atoms with E-state index in [1.54, 1.807) is 26.0 Å². The molecule has 0 bridgehead atoms. The lowest BCUT2D eigenvalue weighted by molar-refractivity contribution is -0.118. The number of carbonyl (C=O) groups is 1. The normalized spacial score (nSPS) is 12.0. The fraction of sp³-hybridized carbons (Fsp3) is 0.235. The summed E-state index contributed by atoms with van der Waals surface area (Å²) in [4.78, 5) is 11.6. The minimum absolute atomic E-state index is 0.223. The van der Waals surface area contributed by atoms with Crippen LogP contribution in [0.4, 0.5) is 10.1 Å². The maximum absolute atomic E-state index is 13.6.